The molecule has 2 N–H and O–H groups in total. The van der Waals surface area contributed by atoms with Crippen molar-refractivity contribution in [2.24, 2.45) is 5.73 Å². The first kappa shape index (κ1) is 11.7. The lowest BCUT2D eigenvalue weighted by molar-refractivity contribution is -0.139. The Morgan fingerprint density at radius 3 is 2.38 bits per heavy atom. The molecule has 0 saturated carbocycles. The molecule has 0 radical (unpaired) electrons. The standard InChI is InChI=1S/C9H15NO3/c1-3-5-13-9(12)7(4-2)6-8(10)11/h6H,3-5H2,1-2H3,(H2,10,11)/b7-6-. The van der Waals surface area contributed by atoms with Crippen LogP contribution in [-0.4, -0.2) is 18.5 Å². The number of hydrogen-bond donors (Lipinski definition) is 1. The largest absolute Gasteiger partial charge is 0.462 e. The van der Waals surface area contributed by atoms with E-state index in [1.165, 1.54) is 0 Å². The first-order valence-electron chi connectivity index (χ1n) is 4.28. The Morgan fingerprint density at radius 1 is 1.38 bits per heavy atom. The second-order valence-corrected chi connectivity index (χ2v) is 2.56. The van der Waals surface area contributed by atoms with Crippen LogP contribution in [-0.2, 0) is 14.3 Å². The highest BCUT2D eigenvalue weighted by Crippen LogP contribution is 2.03. The van der Waals surface area contributed by atoms with Crippen LogP contribution in [0.15, 0.2) is 11.6 Å². The summed E-state index contributed by atoms with van der Waals surface area (Å²) in [5.41, 5.74) is 5.23. The normalized spacial score (nSPS) is 11.1. The molecule has 0 fully saturated rings. The Bertz CT molecular complexity index is 221. The summed E-state index contributed by atoms with van der Waals surface area (Å²) in [6.07, 6.45) is 2.32. The maximum absolute atomic E-state index is 11.2. The monoisotopic (exact) mass is 185 g/mol. The molecule has 0 atom stereocenters. The molecule has 0 rings (SSSR count). The summed E-state index contributed by atoms with van der Waals surface area (Å²) in [7, 11) is 0. The molecule has 0 aromatic carbocycles. The van der Waals surface area contributed by atoms with Gasteiger partial charge in [0.15, 0.2) is 0 Å². The lowest BCUT2D eigenvalue weighted by atomic mass is 10.2. The van der Waals surface area contributed by atoms with Crippen molar-refractivity contribution in [2.45, 2.75) is 26.7 Å². The van der Waals surface area contributed by atoms with E-state index >= 15 is 0 Å². The fourth-order valence-corrected chi connectivity index (χ4v) is 0.765. The zero-order valence-corrected chi connectivity index (χ0v) is 8.00. The van der Waals surface area contributed by atoms with Crippen LogP contribution in [0.25, 0.3) is 0 Å². The molecule has 0 heterocycles. The predicted octanol–water partition coefficient (Wildman–Crippen LogP) is 0.761. The lowest BCUT2D eigenvalue weighted by Crippen LogP contribution is -2.13. The van der Waals surface area contributed by atoms with E-state index in [1.807, 2.05) is 6.92 Å². The summed E-state index contributed by atoms with van der Waals surface area (Å²) in [6.45, 7) is 4.04. The van der Waals surface area contributed by atoms with Crippen LogP contribution in [0.3, 0.4) is 0 Å². The first-order chi connectivity index (χ1) is 6.11. The maximum atomic E-state index is 11.2. The van der Waals surface area contributed by atoms with Crippen LogP contribution in [0.4, 0.5) is 0 Å². The molecule has 0 aromatic rings. The van der Waals surface area contributed by atoms with E-state index < -0.39 is 11.9 Å². The zero-order chi connectivity index (χ0) is 10.3. The van der Waals surface area contributed by atoms with Gasteiger partial charge in [-0.15, -0.1) is 0 Å². The molecule has 1 amide bonds. The number of primary amides is 1. The molecule has 0 aliphatic rings. The van der Waals surface area contributed by atoms with E-state index in [9.17, 15) is 9.59 Å². The minimum absolute atomic E-state index is 0.320. The lowest BCUT2D eigenvalue weighted by Gasteiger charge is -2.03. The fraction of sp³-hybridized carbons (Fsp3) is 0.556. The van der Waals surface area contributed by atoms with Crippen LogP contribution in [0.1, 0.15) is 26.7 Å². The van der Waals surface area contributed by atoms with E-state index in [0.29, 0.717) is 18.6 Å². The van der Waals surface area contributed by atoms with Crippen molar-refractivity contribution in [3.63, 3.8) is 0 Å². The third-order valence-electron chi connectivity index (χ3n) is 1.40. The van der Waals surface area contributed by atoms with Gasteiger partial charge in [0.05, 0.1) is 6.61 Å². The highest BCUT2D eigenvalue weighted by atomic mass is 16.5. The molecule has 0 aliphatic carbocycles. The third-order valence-corrected chi connectivity index (χ3v) is 1.40. The Hall–Kier alpha value is -1.32. The van der Waals surface area contributed by atoms with E-state index in [1.54, 1.807) is 6.92 Å². The van der Waals surface area contributed by atoms with Gasteiger partial charge < -0.3 is 10.5 Å². The molecular formula is C9H15NO3. The van der Waals surface area contributed by atoms with Crippen molar-refractivity contribution in [3.05, 3.63) is 11.6 Å². The number of rotatable bonds is 5. The Kier molecular flexibility index (Phi) is 5.59. The van der Waals surface area contributed by atoms with Crippen molar-refractivity contribution >= 4 is 11.9 Å². The summed E-state index contributed by atoms with van der Waals surface area (Å²) >= 11 is 0. The average Bonchev–Trinajstić information content (AvgIpc) is 2.09. The molecule has 0 bridgehead atoms. The molecule has 0 aliphatic heterocycles. The molecular weight excluding hydrogens is 170 g/mol. The summed E-state index contributed by atoms with van der Waals surface area (Å²) in [4.78, 5) is 21.7. The second kappa shape index (κ2) is 6.22. The van der Waals surface area contributed by atoms with Crippen LogP contribution in [0.5, 0.6) is 0 Å². The van der Waals surface area contributed by atoms with E-state index in [2.05, 4.69) is 0 Å². The Balaban J connectivity index is 4.23. The van der Waals surface area contributed by atoms with Crippen LogP contribution in [0.2, 0.25) is 0 Å². The van der Waals surface area contributed by atoms with E-state index in [4.69, 9.17) is 10.5 Å². The topological polar surface area (TPSA) is 69.4 Å². The number of carbonyl (C=O) groups excluding carboxylic acids is 2. The van der Waals surface area contributed by atoms with Crippen molar-refractivity contribution in [1.82, 2.24) is 0 Å². The van der Waals surface area contributed by atoms with Crippen LogP contribution in [0, 0.1) is 0 Å². The minimum Gasteiger partial charge on any atom is -0.462 e. The van der Waals surface area contributed by atoms with Gasteiger partial charge in [0.1, 0.15) is 0 Å². The number of amides is 1. The maximum Gasteiger partial charge on any atom is 0.334 e. The van der Waals surface area contributed by atoms with Crippen molar-refractivity contribution in [1.29, 1.82) is 0 Å². The fourth-order valence-electron chi connectivity index (χ4n) is 0.765. The van der Waals surface area contributed by atoms with Crippen molar-refractivity contribution < 1.29 is 14.3 Å². The van der Waals surface area contributed by atoms with Gasteiger partial charge in [-0.25, -0.2) is 4.79 Å². The van der Waals surface area contributed by atoms with Gasteiger partial charge >= 0.3 is 5.97 Å². The number of esters is 1. The van der Waals surface area contributed by atoms with Gasteiger partial charge in [-0.05, 0) is 12.8 Å². The second-order valence-electron chi connectivity index (χ2n) is 2.56. The number of ether oxygens (including phenoxy) is 1. The zero-order valence-electron chi connectivity index (χ0n) is 8.00. The van der Waals surface area contributed by atoms with E-state index in [0.717, 1.165) is 12.5 Å². The molecule has 13 heavy (non-hydrogen) atoms. The summed E-state index contributed by atoms with van der Waals surface area (Å²) in [5.74, 6) is -1.08. The summed E-state index contributed by atoms with van der Waals surface area (Å²) in [5, 5.41) is 0. The smallest absolute Gasteiger partial charge is 0.334 e. The Morgan fingerprint density at radius 2 is 2.00 bits per heavy atom. The molecule has 0 saturated heterocycles. The first-order valence-corrected chi connectivity index (χ1v) is 4.28. The molecule has 0 aromatic heterocycles. The van der Waals surface area contributed by atoms with Crippen molar-refractivity contribution in [2.75, 3.05) is 6.61 Å². The predicted molar refractivity (Wildman–Crippen MR) is 48.8 cm³/mol. The number of hydrogen-bond acceptors (Lipinski definition) is 3. The molecule has 0 unspecified atom stereocenters. The van der Waals surface area contributed by atoms with Gasteiger partial charge in [0, 0.05) is 11.6 Å². The van der Waals surface area contributed by atoms with Crippen LogP contribution < -0.4 is 5.73 Å². The quantitative estimate of drug-likeness (QED) is 0.508. The van der Waals surface area contributed by atoms with Crippen LogP contribution >= 0.6 is 0 Å². The third kappa shape index (κ3) is 5.00. The van der Waals surface area contributed by atoms with E-state index in [-0.39, 0.29) is 0 Å². The Labute approximate surface area is 77.7 Å². The van der Waals surface area contributed by atoms with Gasteiger partial charge in [0.2, 0.25) is 5.91 Å². The summed E-state index contributed by atoms with van der Waals surface area (Å²) in [6, 6.07) is 0. The van der Waals surface area contributed by atoms with Gasteiger partial charge in [-0.3, -0.25) is 4.79 Å². The molecule has 4 heteroatoms. The highest BCUT2D eigenvalue weighted by Gasteiger charge is 2.08. The SMILES string of the molecule is CCCOC(=O)/C(=C\C(N)=O)CC. The van der Waals surface area contributed by atoms with Gasteiger partial charge in [0.25, 0.3) is 0 Å². The molecule has 74 valence electrons. The van der Waals surface area contributed by atoms with Crippen molar-refractivity contribution in [3.8, 4) is 0 Å². The molecule has 0 spiro atoms. The average molecular weight is 185 g/mol. The van der Waals surface area contributed by atoms with Gasteiger partial charge in [-0.2, -0.15) is 0 Å². The number of nitrogens with two attached hydrogens (primary N) is 1. The number of carbonyl (C=O) groups is 2. The highest BCUT2D eigenvalue weighted by molar-refractivity contribution is 5.97. The van der Waals surface area contributed by atoms with Gasteiger partial charge in [-0.1, -0.05) is 13.8 Å². The summed E-state index contributed by atoms with van der Waals surface area (Å²) < 4.78 is 4.83. The minimum atomic E-state index is -0.620. The molecule has 4 nitrogen and oxygen atoms in total.